The summed E-state index contributed by atoms with van der Waals surface area (Å²) in [6, 6.07) is 16.3. The first-order valence-corrected chi connectivity index (χ1v) is 14.6. The Morgan fingerprint density at radius 3 is 2.11 bits per heavy atom. The molecule has 6 nitrogen and oxygen atoms in total. The van der Waals surface area contributed by atoms with Gasteiger partial charge in [0.1, 0.15) is 0 Å². The van der Waals surface area contributed by atoms with E-state index in [0.29, 0.717) is 11.1 Å². The molecule has 2 aliphatic carbocycles. The van der Waals surface area contributed by atoms with Crippen molar-refractivity contribution in [2.75, 3.05) is 14.2 Å². The lowest BCUT2D eigenvalue weighted by atomic mass is 9.69. The van der Waals surface area contributed by atoms with Crippen LogP contribution in [0.25, 0.3) is 0 Å². The van der Waals surface area contributed by atoms with Crippen molar-refractivity contribution in [3.8, 4) is 0 Å². The quantitative estimate of drug-likeness (QED) is 0.334. The number of rotatable bonds is 7. The van der Waals surface area contributed by atoms with E-state index in [2.05, 4.69) is 32.9 Å². The van der Waals surface area contributed by atoms with Gasteiger partial charge in [0.15, 0.2) is 15.3 Å². The van der Waals surface area contributed by atoms with Gasteiger partial charge in [0.2, 0.25) is 0 Å². The Hall–Kier alpha value is -3.19. The van der Waals surface area contributed by atoms with Gasteiger partial charge >= 0.3 is 11.9 Å². The van der Waals surface area contributed by atoms with Crippen molar-refractivity contribution >= 4 is 21.8 Å². The van der Waals surface area contributed by atoms with Crippen LogP contribution in [0, 0.1) is 5.41 Å². The van der Waals surface area contributed by atoms with Gasteiger partial charge in [-0.3, -0.25) is 9.59 Å². The van der Waals surface area contributed by atoms with E-state index in [9.17, 15) is 18.0 Å². The molecule has 2 atom stereocenters. The van der Waals surface area contributed by atoms with E-state index in [4.69, 9.17) is 9.47 Å². The van der Waals surface area contributed by atoms with E-state index < -0.39 is 37.9 Å². The van der Waals surface area contributed by atoms with Crippen molar-refractivity contribution in [1.29, 1.82) is 0 Å². The van der Waals surface area contributed by atoms with E-state index >= 15 is 0 Å². The molecule has 0 aliphatic heterocycles. The number of carbonyl (C=O) groups is 2. The summed E-state index contributed by atoms with van der Waals surface area (Å²) in [7, 11) is -1.60. The van der Waals surface area contributed by atoms with E-state index in [1.807, 2.05) is 18.2 Å². The maximum atomic E-state index is 14.3. The fourth-order valence-electron chi connectivity index (χ4n) is 6.00. The summed E-state index contributed by atoms with van der Waals surface area (Å²) in [6.45, 7) is 6.26. The zero-order valence-electron chi connectivity index (χ0n) is 22.7. The van der Waals surface area contributed by atoms with E-state index in [1.54, 1.807) is 36.4 Å². The lowest BCUT2D eigenvalue weighted by Crippen LogP contribution is -2.47. The molecule has 7 heteroatoms. The number of benzene rings is 2. The van der Waals surface area contributed by atoms with Crippen LogP contribution in [0.5, 0.6) is 0 Å². The first-order valence-electron chi connectivity index (χ1n) is 13.0. The molecule has 2 aliphatic rings. The number of ether oxygens (including phenoxy) is 2. The highest BCUT2D eigenvalue weighted by molar-refractivity contribution is 7.92. The molecule has 0 fully saturated rings. The number of methoxy groups -OCH3 is 2. The second-order valence-corrected chi connectivity index (χ2v) is 12.8. The molecule has 0 radical (unpaired) electrons. The zero-order valence-corrected chi connectivity index (χ0v) is 23.5. The van der Waals surface area contributed by atoms with Gasteiger partial charge in [0, 0.05) is 11.3 Å². The third-order valence-electron chi connectivity index (χ3n) is 7.90. The van der Waals surface area contributed by atoms with Crippen molar-refractivity contribution in [3.05, 3.63) is 89.0 Å². The number of hydrogen-bond acceptors (Lipinski definition) is 6. The summed E-state index contributed by atoms with van der Waals surface area (Å²) in [6.07, 6.45) is 5.94. The maximum absolute atomic E-state index is 14.3. The van der Waals surface area contributed by atoms with Crippen LogP contribution in [0.2, 0.25) is 0 Å². The number of allylic oxidation sites excluding steroid dienone is 2. The van der Waals surface area contributed by atoms with Crippen molar-refractivity contribution in [1.82, 2.24) is 0 Å². The average Bonchev–Trinajstić information content (AvgIpc) is 3.02. The second-order valence-electron chi connectivity index (χ2n) is 10.7. The largest absolute Gasteiger partial charge is 0.468 e. The van der Waals surface area contributed by atoms with Crippen LogP contribution < -0.4 is 0 Å². The first kappa shape index (κ1) is 27.8. The smallest absolute Gasteiger partial charge is 0.327 e. The van der Waals surface area contributed by atoms with Crippen molar-refractivity contribution in [2.24, 2.45) is 5.41 Å². The van der Waals surface area contributed by atoms with Crippen LogP contribution in [0.15, 0.2) is 82.8 Å². The summed E-state index contributed by atoms with van der Waals surface area (Å²) < 4.78 is 38.8. The van der Waals surface area contributed by atoms with Crippen LogP contribution in [-0.4, -0.2) is 39.8 Å². The molecule has 0 bridgehead atoms. The number of carbonyl (C=O) groups excluding carboxylic acids is 2. The molecule has 0 heterocycles. The molecule has 0 saturated heterocycles. The number of sulfone groups is 1. The molecule has 0 unspecified atom stereocenters. The highest BCUT2D eigenvalue weighted by atomic mass is 32.2. The van der Waals surface area contributed by atoms with Gasteiger partial charge in [-0.05, 0) is 47.2 Å². The fraction of sp³-hybridized carbons (Fsp3) is 0.419. The van der Waals surface area contributed by atoms with Gasteiger partial charge in [-0.25, -0.2) is 8.42 Å². The maximum Gasteiger partial charge on any atom is 0.327 e. The highest BCUT2D eigenvalue weighted by Gasteiger charge is 2.56. The number of hydrogen-bond donors (Lipinski definition) is 0. The monoisotopic (exact) mass is 536 g/mol. The molecule has 0 N–H and O–H groups in total. The van der Waals surface area contributed by atoms with Crippen LogP contribution in [0.3, 0.4) is 0 Å². The Morgan fingerprint density at radius 2 is 1.50 bits per heavy atom. The average molecular weight is 537 g/mol. The van der Waals surface area contributed by atoms with Crippen molar-refractivity contribution in [3.63, 3.8) is 0 Å². The summed E-state index contributed by atoms with van der Waals surface area (Å²) >= 11 is 0. The normalized spacial score (nSPS) is 21.6. The van der Waals surface area contributed by atoms with Gasteiger partial charge in [0.25, 0.3) is 0 Å². The van der Waals surface area contributed by atoms with Gasteiger partial charge in [-0.1, -0.05) is 88.2 Å². The number of unbranched alkanes of at least 4 members (excludes halogenated alkanes) is 1. The summed E-state index contributed by atoms with van der Waals surface area (Å²) in [5.74, 6) is -1.85. The molecule has 0 spiro atoms. The zero-order chi connectivity index (χ0) is 27.7. The summed E-state index contributed by atoms with van der Waals surface area (Å²) in [5.41, 5.74) is 1.11. The van der Waals surface area contributed by atoms with Crippen LogP contribution in [-0.2, 0) is 34.3 Å². The standard InChI is InChI=1S/C31H36O6S/c1-6-7-15-22-23-16-11-12-17-26(23)30(2,3)18-25-24(22)19-31(28(32)36-4,29(33)37-5)20-27(25)38(34,35)21-13-9-8-10-14-21/h8-14,16-19,22,27H,6-7,15,20H2,1-5H3/t22-,27+/m1/s1. The molecule has 0 aromatic heterocycles. The molecule has 4 rings (SSSR count). The minimum absolute atomic E-state index is 0.139. The van der Waals surface area contributed by atoms with Gasteiger partial charge in [0.05, 0.1) is 24.4 Å². The predicted molar refractivity (Wildman–Crippen MR) is 146 cm³/mol. The van der Waals surface area contributed by atoms with E-state index in [1.165, 1.54) is 14.2 Å². The topological polar surface area (TPSA) is 86.7 Å². The minimum Gasteiger partial charge on any atom is -0.468 e. The number of fused-ring (bicyclic) bond motifs is 2. The third-order valence-corrected chi connectivity index (χ3v) is 10.0. The lowest BCUT2D eigenvalue weighted by molar-refractivity contribution is -0.165. The van der Waals surface area contributed by atoms with Crippen LogP contribution >= 0.6 is 0 Å². The van der Waals surface area contributed by atoms with Crippen molar-refractivity contribution in [2.45, 2.75) is 67.9 Å². The molecular formula is C31H36O6S. The summed E-state index contributed by atoms with van der Waals surface area (Å²) in [5, 5.41) is -1.15. The van der Waals surface area contributed by atoms with Gasteiger partial charge in [-0.2, -0.15) is 0 Å². The molecule has 0 amide bonds. The van der Waals surface area contributed by atoms with Gasteiger partial charge < -0.3 is 9.47 Å². The van der Waals surface area contributed by atoms with E-state index in [0.717, 1.165) is 30.4 Å². The van der Waals surface area contributed by atoms with Crippen LogP contribution in [0.1, 0.15) is 63.5 Å². The number of esters is 2. The third kappa shape index (κ3) is 4.62. The Kier molecular flexibility index (Phi) is 7.71. The highest BCUT2D eigenvalue weighted by Crippen LogP contribution is 2.53. The Labute approximate surface area is 225 Å². The predicted octanol–water partition coefficient (Wildman–Crippen LogP) is 5.68. The SMILES string of the molecule is CCCC[C@H]1C2=CC(C(=O)OC)(C(=O)OC)C[C@H](S(=O)(=O)c3ccccc3)C2=CC(C)(C)c2ccccc21. The van der Waals surface area contributed by atoms with Crippen molar-refractivity contribution < 1.29 is 27.5 Å². The lowest BCUT2D eigenvalue weighted by Gasteiger charge is -2.38. The second kappa shape index (κ2) is 10.5. The Balaban J connectivity index is 2.10. The van der Waals surface area contributed by atoms with Crippen LogP contribution in [0.4, 0.5) is 0 Å². The summed E-state index contributed by atoms with van der Waals surface area (Å²) in [4.78, 5) is 26.9. The Morgan fingerprint density at radius 1 is 0.895 bits per heavy atom. The molecule has 202 valence electrons. The molecule has 2 aromatic rings. The molecule has 38 heavy (non-hydrogen) atoms. The van der Waals surface area contributed by atoms with Gasteiger partial charge in [-0.15, -0.1) is 0 Å². The minimum atomic E-state index is -4.01. The Bertz CT molecular complexity index is 1370. The first-order chi connectivity index (χ1) is 18.0. The molecule has 0 saturated carbocycles. The fourth-order valence-corrected chi connectivity index (χ4v) is 7.88. The molecular weight excluding hydrogens is 500 g/mol. The molecule has 2 aromatic carbocycles. The van der Waals surface area contributed by atoms with E-state index in [-0.39, 0.29) is 17.2 Å².